The standard InChI is InChI=1S/C35H28F3NO4/c1-21-9-12-24-5-2-3-8-28(24)32(21)33(40)39(20-27-15-16-31(43-27)35(36,37)38)19-22-10-13-23(14-11-22)25-6-4-7-26(17-25)29-18-30(29)34(41)42/h2-17,29-30H,18-20H2,1H3,(H,41,42). The molecule has 0 saturated heterocycles. The molecule has 4 aromatic carbocycles. The summed E-state index contributed by atoms with van der Waals surface area (Å²) in [5.74, 6) is -2.48. The second kappa shape index (κ2) is 11.1. The Bertz CT molecular complexity index is 1820. The Morgan fingerprint density at radius 2 is 1.65 bits per heavy atom. The first-order valence-electron chi connectivity index (χ1n) is 13.9. The fourth-order valence-corrected chi connectivity index (χ4v) is 5.63. The maximum Gasteiger partial charge on any atom is 0.449 e. The minimum Gasteiger partial charge on any atom is -0.481 e. The molecule has 0 spiro atoms. The Labute approximate surface area is 246 Å². The van der Waals surface area contributed by atoms with Gasteiger partial charge >= 0.3 is 12.1 Å². The summed E-state index contributed by atoms with van der Waals surface area (Å²) in [4.78, 5) is 26.9. The normalized spacial score (nSPS) is 16.3. The number of carbonyl (C=O) groups is 2. The first-order valence-corrected chi connectivity index (χ1v) is 13.9. The summed E-state index contributed by atoms with van der Waals surface area (Å²) >= 11 is 0. The number of carboxylic acids is 1. The molecule has 1 fully saturated rings. The minimum atomic E-state index is -4.62. The Kier molecular flexibility index (Phi) is 7.30. The summed E-state index contributed by atoms with van der Waals surface area (Å²) in [6, 6.07) is 28.9. The first-order chi connectivity index (χ1) is 20.6. The van der Waals surface area contributed by atoms with Crippen LogP contribution in [0.15, 0.2) is 101 Å². The van der Waals surface area contributed by atoms with Crippen LogP contribution in [0.1, 0.15) is 50.9 Å². The number of alkyl halides is 3. The summed E-state index contributed by atoms with van der Waals surface area (Å²) < 4.78 is 44.8. The van der Waals surface area contributed by atoms with Gasteiger partial charge in [-0.15, -0.1) is 0 Å². The molecule has 5 nitrogen and oxygen atoms in total. The second-order valence-electron chi connectivity index (χ2n) is 11.0. The number of hydrogen-bond acceptors (Lipinski definition) is 3. The second-order valence-corrected chi connectivity index (χ2v) is 11.0. The highest BCUT2D eigenvalue weighted by atomic mass is 19.4. The summed E-state index contributed by atoms with van der Waals surface area (Å²) in [5, 5.41) is 11.0. The maximum atomic E-state index is 14.1. The molecule has 1 aromatic heterocycles. The number of aliphatic carboxylic acids is 1. The zero-order chi connectivity index (χ0) is 30.3. The predicted octanol–water partition coefficient (Wildman–Crippen LogP) is 8.46. The molecule has 1 amide bonds. The smallest absolute Gasteiger partial charge is 0.449 e. The van der Waals surface area contributed by atoms with Gasteiger partial charge in [-0.3, -0.25) is 9.59 Å². The van der Waals surface area contributed by atoms with Gasteiger partial charge in [0.05, 0.1) is 18.0 Å². The fourth-order valence-electron chi connectivity index (χ4n) is 5.63. The van der Waals surface area contributed by atoms with Gasteiger partial charge in [0.25, 0.3) is 5.91 Å². The Hall–Kier alpha value is -4.85. The molecule has 6 rings (SSSR count). The molecule has 2 unspecified atom stereocenters. The van der Waals surface area contributed by atoms with Crippen LogP contribution in [0, 0.1) is 12.8 Å². The van der Waals surface area contributed by atoms with E-state index in [0.717, 1.165) is 44.7 Å². The van der Waals surface area contributed by atoms with Gasteiger partial charge in [-0.1, -0.05) is 84.9 Å². The zero-order valence-corrected chi connectivity index (χ0v) is 23.3. The lowest BCUT2D eigenvalue weighted by molar-refractivity contribution is -0.153. The van der Waals surface area contributed by atoms with E-state index in [2.05, 4.69) is 0 Å². The number of amides is 1. The molecular weight excluding hydrogens is 555 g/mol. The molecule has 0 aliphatic heterocycles. The highest BCUT2D eigenvalue weighted by Gasteiger charge is 2.44. The van der Waals surface area contributed by atoms with E-state index in [9.17, 15) is 27.9 Å². The van der Waals surface area contributed by atoms with Crippen LogP contribution in [0.25, 0.3) is 21.9 Å². The van der Waals surface area contributed by atoms with Crippen molar-refractivity contribution in [2.45, 2.75) is 38.5 Å². The zero-order valence-electron chi connectivity index (χ0n) is 23.3. The third kappa shape index (κ3) is 5.91. The molecule has 1 N–H and O–H groups in total. The van der Waals surface area contributed by atoms with Gasteiger partial charge in [-0.25, -0.2) is 0 Å². The van der Waals surface area contributed by atoms with Gasteiger partial charge in [0.15, 0.2) is 0 Å². The first kappa shape index (κ1) is 28.3. The molecule has 0 radical (unpaired) electrons. The lowest BCUT2D eigenvalue weighted by Crippen LogP contribution is -2.30. The van der Waals surface area contributed by atoms with E-state index in [1.165, 1.54) is 11.0 Å². The van der Waals surface area contributed by atoms with Crippen molar-refractivity contribution in [2.75, 3.05) is 0 Å². The molecule has 8 heteroatoms. The van der Waals surface area contributed by atoms with Crippen LogP contribution in [0.3, 0.4) is 0 Å². The lowest BCUT2D eigenvalue weighted by atomic mass is 9.98. The Morgan fingerprint density at radius 3 is 2.35 bits per heavy atom. The van der Waals surface area contributed by atoms with Crippen LogP contribution >= 0.6 is 0 Å². The molecule has 218 valence electrons. The van der Waals surface area contributed by atoms with E-state index in [-0.39, 0.29) is 36.6 Å². The van der Waals surface area contributed by atoms with Crippen molar-refractivity contribution in [2.24, 2.45) is 5.92 Å². The number of carboxylic acid groups (broad SMARTS) is 1. The number of aryl methyl sites for hydroxylation is 1. The van der Waals surface area contributed by atoms with Crippen LogP contribution in [-0.4, -0.2) is 21.9 Å². The van der Waals surface area contributed by atoms with Gasteiger partial charge in [-0.05, 0) is 70.0 Å². The lowest BCUT2D eigenvalue weighted by Gasteiger charge is -2.24. The third-order valence-electron chi connectivity index (χ3n) is 8.01. The van der Waals surface area contributed by atoms with Crippen molar-refractivity contribution in [3.8, 4) is 11.1 Å². The maximum absolute atomic E-state index is 14.1. The summed E-state index contributed by atoms with van der Waals surface area (Å²) in [7, 11) is 0. The Morgan fingerprint density at radius 1 is 0.884 bits per heavy atom. The average molecular weight is 584 g/mol. The van der Waals surface area contributed by atoms with Crippen molar-refractivity contribution in [1.29, 1.82) is 0 Å². The number of furan rings is 1. The van der Waals surface area contributed by atoms with Crippen LogP contribution < -0.4 is 0 Å². The van der Waals surface area contributed by atoms with E-state index in [1.54, 1.807) is 0 Å². The number of fused-ring (bicyclic) bond motifs is 1. The molecule has 43 heavy (non-hydrogen) atoms. The van der Waals surface area contributed by atoms with Crippen molar-refractivity contribution >= 4 is 22.6 Å². The van der Waals surface area contributed by atoms with Crippen LogP contribution in [-0.2, 0) is 24.1 Å². The van der Waals surface area contributed by atoms with Crippen molar-refractivity contribution in [3.63, 3.8) is 0 Å². The van der Waals surface area contributed by atoms with Gasteiger partial charge in [0.1, 0.15) is 5.76 Å². The quantitative estimate of drug-likeness (QED) is 0.199. The molecule has 1 heterocycles. The van der Waals surface area contributed by atoms with Crippen molar-refractivity contribution < 1.29 is 32.3 Å². The highest BCUT2D eigenvalue weighted by molar-refractivity contribution is 6.08. The number of benzene rings is 4. The van der Waals surface area contributed by atoms with E-state index >= 15 is 0 Å². The summed E-state index contributed by atoms with van der Waals surface area (Å²) in [6.07, 6.45) is -3.99. The van der Waals surface area contributed by atoms with E-state index in [1.807, 2.05) is 91.9 Å². The van der Waals surface area contributed by atoms with Gasteiger partial charge in [0.2, 0.25) is 5.76 Å². The largest absolute Gasteiger partial charge is 0.481 e. The third-order valence-corrected chi connectivity index (χ3v) is 8.01. The number of hydrogen-bond donors (Lipinski definition) is 1. The van der Waals surface area contributed by atoms with Crippen LogP contribution in [0.2, 0.25) is 0 Å². The molecule has 5 aromatic rings. The number of halogens is 3. The molecule has 1 aliphatic carbocycles. The molecule has 1 aliphatic rings. The SMILES string of the molecule is Cc1ccc2ccccc2c1C(=O)N(Cc1ccc(-c2cccc(C3CC3C(=O)O)c2)cc1)Cc1ccc(C(F)(F)F)o1. The van der Waals surface area contributed by atoms with Gasteiger partial charge in [-0.2, -0.15) is 13.2 Å². The van der Waals surface area contributed by atoms with Crippen LogP contribution in [0.5, 0.6) is 0 Å². The van der Waals surface area contributed by atoms with E-state index in [0.29, 0.717) is 12.0 Å². The van der Waals surface area contributed by atoms with Gasteiger partial charge in [0, 0.05) is 6.54 Å². The average Bonchev–Trinajstić information content (AvgIpc) is 3.66. The van der Waals surface area contributed by atoms with E-state index < -0.39 is 17.9 Å². The van der Waals surface area contributed by atoms with Crippen molar-refractivity contribution in [3.05, 3.63) is 131 Å². The van der Waals surface area contributed by atoms with Crippen molar-refractivity contribution in [1.82, 2.24) is 4.90 Å². The number of nitrogens with zero attached hydrogens (tertiary/aromatic N) is 1. The Balaban J connectivity index is 1.29. The highest BCUT2D eigenvalue weighted by Crippen LogP contribution is 2.48. The number of carbonyl (C=O) groups excluding carboxylic acids is 1. The minimum absolute atomic E-state index is 0.0216. The number of rotatable bonds is 8. The summed E-state index contributed by atoms with van der Waals surface area (Å²) in [6.45, 7) is 1.84. The topological polar surface area (TPSA) is 70.8 Å². The summed E-state index contributed by atoms with van der Waals surface area (Å²) in [5.41, 5.74) is 4.93. The molecular formula is C35H28F3NO4. The van der Waals surface area contributed by atoms with Gasteiger partial charge < -0.3 is 14.4 Å². The molecule has 2 atom stereocenters. The van der Waals surface area contributed by atoms with Crippen LogP contribution in [0.4, 0.5) is 13.2 Å². The molecule has 1 saturated carbocycles. The fraction of sp³-hybridized carbons (Fsp3) is 0.200. The molecule has 0 bridgehead atoms. The monoisotopic (exact) mass is 583 g/mol. The van der Waals surface area contributed by atoms with E-state index in [4.69, 9.17) is 4.42 Å². The predicted molar refractivity (Wildman–Crippen MR) is 156 cm³/mol.